The number of amides is 2. The molecule has 1 saturated heterocycles. The Morgan fingerprint density at radius 2 is 1.94 bits per heavy atom. The Hall–Kier alpha value is -1.82. The molecule has 0 spiro atoms. The highest BCUT2D eigenvalue weighted by atomic mass is 32.2. The number of hydrogen-bond acceptors (Lipinski definition) is 5. The predicted molar refractivity (Wildman–Crippen MR) is 73.3 cm³/mol. The van der Waals surface area contributed by atoms with Gasteiger partial charge >= 0.3 is 0 Å². The summed E-state index contributed by atoms with van der Waals surface area (Å²) >= 11 is 0.895. The molecule has 2 amide bonds. The van der Waals surface area contributed by atoms with Crippen LogP contribution >= 0.6 is 11.8 Å². The van der Waals surface area contributed by atoms with E-state index in [9.17, 15) is 9.59 Å². The number of nitrogens with zero attached hydrogens (tertiary/aromatic N) is 2. The zero-order valence-electron chi connectivity index (χ0n) is 10.1. The SMILES string of the molecule is CN(C)c1ccc(C=NC2SC(=O)NC2=O)cc1. The molecule has 0 saturated carbocycles. The molecule has 1 aliphatic heterocycles. The molecule has 6 heteroatoms. The molecule has 1 aromatic carbocycles. The molecule has 0 aliphatic carbocycles. The first-order valence-corrected chi connectivity index (χ1v) is 6.26. The van der Waals surface area contributed by atoms with E-state index in [1.807, 2.05) is 43.3 Å². The van der Waals surface area contributed by atoms with Crippen molar-refractivity contribution in [3.8, 4) is 0 Å². The van der Waals surface area contributed by atoms with E-state index in [2.05, 4.69) is 10.3 Å². The lowest BCUT2D eigenvalue weighted by molar-refractivity contribution is -0.118. The van der Waals surface area contributed by atoms with E-state index >= 15 is 0 Å². The van der Waals surface area contributed by atoms with Crippen LogP contribution in [-0.4, -0.2) is 36.8 Å². The summed E-state index contributed by atoms with van der Waals surface area (Å²) in [5, 5.41) is 1.19. The van der Waals surface area contributed by atoms with Crippen molar-refractivity contribution in [3.63, 3.8) is 0 Å². The number of imide groups is 1. The van der Waals surface area contributed by atoms with Crippen molar-refractivity contribution in [3.05, 3.63) is 29.8 Å². The number of rotatable bonds is 3. The van der Waals surface area contributed by atoms with E-state index in [4.69, 9.17) is 0 Å². The molecule has 1 N–H and O–H groups in total. The fourth-order valence-electron chi connectivity index (χ4n) is 1.46. The Labute approximate surface area is 109 Å². The second-order valence-corrected chi connectivity index (χ2v) is 5.06. The third-order valence-corrected chi connectivity index (χ3v) is 3.31. The van der Waals surface area contributed by atoms with Gasteiger partial charge in [0.15, 0.2) is 5.37 Å². The zero-order chi connectivity index (χ0) is 13.1. The van der Waals surface area contributed by atoms with E-state index < -0.39 is 5.37 Å². The summed E-state index contributed by atoms with van der Waals surface area (Å²) in [6.45, 7) is 0. The van der Waals surface area contributed by atoms with Crippen LogP contribution in [0.2, 0.25) is 0 Å². The van der Waals surface area contributed by atoms with Crippen molar-refractivity contribution >= 4 is 34.8 Å². The van der Waals surface area contributed by atoms with Crippen molar-refractivity contribution in [2.24, 2.45) is 4.99 Å². The second kappa shape index (κ2) is 5.22. The Morgan fingerprint density at radius 1 is 1.28 bits per heavy atom. The maximum atomic E-state index is 11.3. The zero-order valence-corrected chi connectivity index (χ0v) is 10.9. The Kier molecular flexibility index (Phi) is 3.66. The van der Waals surface area contributed by atoms with Crippen LogP contribution in [0.25, 0.3) is 0 Å². The molecule has 0 radical (unpaired) electrons. The summed E-state index contributed by atoms with van der Waals surface area (Å²) in [5.74, 6) is -0.355. The summed E-state index contributed by atoms with van der Waals surface area (Å²) in [5.41, 5.74) is 1.99. The van der Waals surface area contributed by atoms with Crippen LogP contribution in [0.3, 0.4) is 0 Å². The maximum absolute atomic E-state index is 11.3. The average Bonchev–Trinajstić information content (AvgIpc) is 2.66. The van der Waals surface area contributed by atoms with Crippen LogP contribution in [0.4, 0.5) is 10.5 Å². The highest BCUT2D eigenvalue weighted by Crippen LogP contribution is 2.20. The molecular weight excluding hydrogens is 250 g/mol. The standard InChI is InChI=1S/C12H13N3O2S/c1-15(2)9-5-3-8(4-6-9)7-13-11-10(16)14-12(17)18-11/h3-7,11H,1-2H3,(H,14,16,17). The molecule has 5 nitrogen and oxygen atoms in total. The lowest BCUT2D eigenvalue weighted by atomic mass is 10.2. The monoisotopic (exact) mass is 263 g/mol. The summed E-state index contributed by atoms with van der Waals surface area (Å²) in [4.78, 5) is 28.3. The maximum Gasteiger partial charge on any atom is 0.288 e. The molecule has 2 rings (SSSR count). The van der Waals surface area contributed by atoms with E-state index in [1.54, 1.807) is 6.21 Å². The first kappa shape index (κ1) is 12.6. The summed E-state index contributed by atoms with van der Waals surface area (Å²) < 4.78 is 0. The molecule has 18 heavy (non-hydrogen) atoms. The minimum absolute atomic E-state index is 0.342. The lowest BCUT2D eigenvalue weighted by Crippen LogP contribution is -2.23. The smallest absolute Gasteiger partial charge is 0.288 e. The molecule has 0 bridgehead atoms. The van der Waals surface area contributed by atoms with Gasteiger partial charge in [0.05, 0.1) is 0 Å². The van der Waals surface area contributed by atoms with Gasteiger partial charge in [-0.25, -0.2) is 0 Å². The van der Waals surface area contributed by atoms with E-state index in [0.29, 0.717) is 0 Å². The second-order valence-electron chi connectivity index (χ2n) is 4.01. The van der Waals surface area contributed by atoms with Gasteiger partial charge in [-0.2, -0.15) is 0 Å². The van der Waals surface area contributed by atoms with Gasteiger partial charge < -0.3 is 4.90 Å². The summed E-state index contributed by atoms with van der Waals surface area (Å²) in [7, 11) is 3.93. The predicted octanol–water partition coefficient (Wildman–Crippen LogP) is 1.48. The fourth-order valence-corrected chi connectivity index (χ4v) is 2.11. The topological polar surface area (TPSA) is 61.8 Å². The number of benzene rings is 1. The van der Waals surface area contributed by atoms with Crippen LogP contribution in [0.5, 0.6) is 0 Å². The highest BCUT2D eigenvalue weighted by molar-refractivity contribution is 8.15. The van der Waals surface area contributed by atoms with Gasteiger partial charge in [-0.05, 0) is 29.5 Å². The lowest BCUT2D eigenvalue weighted by Gasteiger charge is -2.11. The molecule has 1 unspecified atom stereocenters. The molecular formula is C12H13N3O2S. The number of hydrogen-bond donors (Lipinski definition) is 1. The first-order valence-electron chi connectivity index (χ1n) is 5.38. The Bertz CT molecular complexity index is 497. The highest BCUT2D eigenvalue weighted by Gasteiger charge is 2.30. The van der Waals surface area contributed by atoms with Crippen LogP contribution < -0.4 is 10.2 Å². The van der Waals surface area contributed by atoms with Crippen molar-refractivity contribution in [2.75, 3.05) is 19.0 Å². The molecule has 1 fully saturated rings. The number of thioether (sulfide) groups is 1. The molecule has 1 heterocycles. The summed E-state index contributed by atoms with van der Waals surface area (Å²) in [6.07, 6.45) is 1.61. The normalized spacial score (nSPS) is 19.3. The summed E-state index contributed by atoms with van der Waals surface area (Å²) in [6, 6.07) is 7.76. The largest absolute Gasteiger partial charge is 0.378 e. The average molecular weight is 263 g/mol. The van der Waals surface area contributed by atoms with Gasteiger partial charge in [0.25, 0.3) is 11.1 Å². The van der Waals surface area contributed by atoms with Crippen LogP contribution in [-0.2, 0) is 4.79 Å². The van der Waals surface area contributed by atoms with E-state index in [0.717, 1.165) is 23.0 Å². The quantitative estimate of drug-likeness (QED) is 0.839. The number of nitrogens with one attached hydrogen (secondary N) is 1. The van der Waals surface area contributed by atoms with Gasteiger partial charge in [0.2, 0.25) is 0 Å². The van der Waals surface area contributed by atoms with Gasteiger partial charge in [-0.15, -0.1) is 0 Å². The Morgan fingerprint density at radius 3 is 2.44 bits per heavy atom. The first-order chi connectivity index (χ1) is 8.56. The molecule has 0 aromatic heterocycles. The third kappa shape index (κ3) is 2.89. The van der Waals surface area contributed by atoms with Crippen LogP contribution in [0.1, 0.15) is 5.56 Å². The number of aliphatic imine (C=N–C) groups is 1. The minimum Gasteiger partial charge on any atom is -0.378 e. The molecule has 94 valence electrons. The third-order valence-electron chi connectivity index (χ3n) is 2.44. The fraction of sp³-hybridized carbons (Fsp3) is 0.250. The van der Waals surface area contributed by atoms with Crippen molar-refractivity contribution in [2.45, 2.75) is 5.37 Å². The van der Waals surface area contributed by atoms with Gasteiger partial charge in [0.1, 0.15) is 0 Å². The van der Waals surface area contributed by atoms with Crippen molar-refractivity contribution in [1.29, 1.82) is 0 Å². The van der Waals surface area contributed by atoms with Crippen molar-refractivity contribution < 1.29 is 9.59 Å². The number of carbonyl (C=O) groups is 2. The Balaban J connectivity index is 2.05. The van der Waals surface area contributed by atoms with Crippen LogP contribution in [0, 0.1) is 0 Å². The van der Waals surface area contributed by atoms with Crippen molar-refractivity contribution in [1.82, 2.24) is 5.32 Å². The van der Waals surface area contributed by atoms with Gasteiger partial charge in [-0.1, -0.05) is 12.1 Å². The number of anilines is 1. The van der Waals surface area contributed by atoms with E-state index in [-0.39, 0.29) is 11.1 Å². The van der Waals surface area contributed by atoms with E-state index in [1.165, 1.54) is 0 Å². The van der Waals surface area contributed by atoms with Crippen LogP contribution in [0.15, 0.2) is 29.3 Å². The molecule has 1 aliphatic rings. The van der Waals surface area contributed by atoms with Gasteiger partial charge in [-0.3, -0.25) is 19.9 Å². The minimum atomic E-state index is -0.661. The van der Waals surface area contributed by atoms with Gasteiger partial charge in [0, 0.05) is 26.0 Å². The molecule has 1 aromatic rings. The molecule has 1 atom stereocenters. The number of carbonyl (C=O) groups excluding carboxylic acids is 2.